The normalized spacial score (nSPS) is 15.0. The van der Waals surface area contributed by atoms with E-state index >= 15 is 0 Å². The van der Waals surface area contributed by atoms with Gasteiger partial charge < -0.3 is 14.6 Å². The Hall–Kier alpha value is -3.57. The Balaban J connectivity index is 1.74. The first-order valence-electron chi connectivity index (χ1n) is 11.7. The molecule has 3 aromatic rings. The smallest absolute Gasteiger partial charge is 0.488 e. The standard InChI is InChI=1S/C27H26F3NO6S/c1-26(2)13-12-20-15-22(9-11-23(20)36-26)38(34,35)31(17-25(32)33)16-21-14-19(18-6-4-3-5-7-18)8-10-24(21)37-27(28,29)30/h3-11,14-15H,12-13,16-17H2,1-2H3,(H,32,33). The summed E-state index contributed by atoms with van der Waals surface area (Å²) in [7, 11) is -4.43. The van der Waals surface area contributed by atoms with Gasteiger partial charge in [-0.15, -0.1) is 13.2 Å². The number of halogens is 3. The van der Waals surface area contributed by atoms with Crippen molar-refractivity contribution in [3.63, 3.8) is 0 Å². The Morgan fingerprint density at radius 2 is 1.76 bits per heavy atom. The molecular weight excluding hydrogens is 523 g/mol. The molecule has 1 aliphatic heterocycles. The van der Waals surface area contributed by atoms with Gasteiger partial charge in [-0.1, -0.05) is 36.4 Å². The summed E-state index contributed by atoms with van der Waals surface area (Å²) in [5.74, 6) is -1.56. The van der Waals surface area contributed by atoms with E-state index in [4.69, 9.17) is 4.74 Å². The first kappa shape index (κ1) is 27.5. The summed E-state index contributed by atoms with van der Waals surface area (Å²) in [5.41, 5.74) is 1.28. The van der Waals surface area contributed by atoms with Gasteiger partial charge in [0.2, 0.25) is 10.0 Å². The highest BCUT2D eigenvalue weighted by molar-refractivity contribution is 7.89. The van der Waals surface area contributed by atoms with Gasteiger partial charge in [-0.2, -0.15) is 4.31 Å². The Morgan fingerprint density at radius 3 is 2.42 bits per heavy atom. The number of carbonyl (C=O) groups is 1. The van der Waals surface area contributed by atoms with Crippen LogP contribution in [0.3, 0.4) is 0 Å². The lowest BCUT2D eigenvalue weighted by atomic mass is 9.94. The zero-order chi connectivity index (χ0) is 27.7. The maximum atomic E-state index is 13.6. The van der Waals surface area contributed by atoms with Crippen LogP contribution in [0.4, 0.5) is 13.2 Å². The van der Waals surface area contributed by atoms with E-state index in [1.165, 1.54) is 30.3 Å². The molecule has 0 spiro atoms. The quantitative estimate of drug-likeness (QED) is 0.392. The molecule has 4 rings (SSSR count). The van der Waals surface area contributed by atoms with Crippen LogP contribution in [-0.4, -0.2) is 42.3 Å². The van der Waals surface area contributed by atoms with Gasteiger partial charge in [-0.05, 0) is 73.7 Å². The molecule has 0 unspecified atom stereocenters. The zero-order valence-corrected chi connectivity index (χ0v) is 21.5. The largest absolute Gasteiger partial charge is 0.573 e. The number of aliphatic carboxylic acids is 1. The average molecular weight is 550 g/mol. The van der Waals surface area contributed by atoms with E-state index < -0.39 is 46.8 Å². The molecule has 38 heavy (non-hydrogen) atoms. The van der Waals surface area contributed by atoms with Gasteiger partial charge in [0.15, 0.2) is 0 Å². The third-order valence-electron chi connectivity index (χ3n) is 6.10. The Bertz CT molecular complexity index is 1440. The highest BCUT2D eigenvalue weighted by Crippen LogP contribution is 2.36. The van der Waals surface area contributed by atoms with Gasteiger partial charge in [0.25, 0.3) is 0 Å². The fraction of sp³-hybridized carbons (Fsp3) is 0.296. The van der Waals surface area contributed by atoms with Crippen LogP contribution >= 0.6 is 0 Å². The van der Waals surface area contributed by atoms with Crippen molar-refractivity contribution in [3.05, 3.63) is 77.9 Å². The number of sulfonamides is 1. The van der Waals surface area contributed by atoms with E-state index in [1.54, 1.807) is 30.3 Å². The molecule has 0 aromatic heterocycles. The first-order chi connectivity index (χ1) is 17.7. The van der Waals surface area contributed by atoms with Gasteiger partial charge >= 0.3 is 12.3 Å². The number of benzene rings is 3. The van der Waals surface area contributed by atoms with Gasteiger partial charge in [0, 0.05) is 12.1 Å². The Morgan fingerprint density at radius 1 is 1.05 bits per heavy atom. The highest BCUT2D eigenvalue weighted by Gasteiger charge is 2.34. The SMILES string of the molecule is CC1(C)CCc2cc(S(=O)(=O)N(CC(=O)O)Cc3cc(-c4ccccc4)ccc3OC(F)(F)F)ccc2O1. The molecule has 0 fully saturated rings. The summed E-state index contributed by atoms with van der Waals surface area (Å²) in [6.45, 7) is 2.20. The molecular formula is C27H26F3NO6S. The molecule has 0 aliphatic carbocycles. The molecule has 0 saturated heterocycles. The van der Waals surface area contributed by atoms with E-state index in [1.807, 2.05) is 13.8 Å². The van der Waals surface area contributed by atoms with Crippen molar-refractivity contribution < 1.29 is 41.0 Å². The molecule has 11 heteroatoms. The minimum absolute atomic E-state index is 0.142. The zero-order valence-electron chi connectivity index (χ0n) is 20.7. The Labute approximate surface area is 218 Å². The van der Waals surface area contributed by atoms with Gasteiger partial charge in [-0.25, -0.2) is 8.42 Å². The predicted molar refractivity (Wildman–Crippen MR) is 133 cm³/mol. The van der Waals surface area contributed by atoms with Gasteiger partial charge in [-0.3, -0.25) is 4.79 Å². The van der Waals surface area contributed by atoms with Gasteiger partial charge in [0.1, 0.15) is 23.6 Å². The van der Waals surface area contributed by atoms with Crippen molar-refractivity contribution >= 4 is 16.0 Å². The van der Waals surface area contributed by atoms with Gasteiger partial charge in [0.05, 0.1) is 4.90 Å². The summed E-state index contributed by atoms with van der Waals surface area (Å²) in [4.78, 5) is 11.5. The van der Waals surface area contributed by atoms with Crippen molar-refractivity contribution in [2.45, 2.75) is 50.1 Å². The van der Waals surface area contributed by atoms with Crippen LogP contribution in [0, 0.1) is 0 Å². The molecule has 0 saturated carbocycles. The summed E-state index contributed by atoms with van der Waals surface area (Å²) < 4.78 is 77.3. The van der Waals surface area contributed by atoms with Crippen LogP contribution in [0.25, 0.3) is 11.1 Å². The minimum Gasteiger partial charge on any atom is -0.488 e. The van der Waals surface area contributed by atoms with Crippen molar-refractivity contribution in [2.24, 2.45) is 0 Å². The lowest BCUT2D eigenvalue weighted by Crippen LogP contribution is -2.36. The highest BCUT2D eigenvalue weighted by atomic mass is 32.2. The number of carboxylic acid groups (broad SMARTS) is 1. The second-order valence-corrected chi connectivity index (χ2v) is 11.5. The maximum Gasteiger partial charge on any atom is 0.573 e. The lowest BCUT2D eigenvalue weighted by molar-refractivity contribution is -0.275. The number of aryl methyl sites for hydroxylation is 1. The summed E-state index contributed by atoms with van der Waals surface area (Å²) in [5, 5.41) is 9.47. The number of carboxylic acids is 1. The second-order valence-electron chi connectivity index (χ2n) is 9.53. The molecule has 1 aliphatic rings. The van der Waals surface area contributed by atoms with Crippen LogP contribution in [0.2, 0.25) is 0 Å². The molecule has 0 radical (unpaired) electrons. The maximum absolute atomic E-state index is 13.6. The van der Waals surface area contributed by atoms with E-state index in [2.05, 4.69) is 4.74 Å². The topological polar surface area (TPSA) is 93.1 Å². The molecule has 1 heterocycles. The first-order valence-corrected chi connectivity index (χ1v) is 13.2. The van der Waals surface area contributed by atoms with E-state index in [0.717, 1.165) is 6.07 Å². The van der Waals surface area contributed by atoms with E-state index in [0.29, 0.717) is 39.6 Å². The molecule has 0 bridgehead atoms. The molecule has 0 atom stereocenters. The van der Waals surface area contributed by atoms with Crippen LogP contribution in [0.1, 0.15) is 31.4 Å². The number of nitrogens with zero attached hydrogens (tertiary/aromatic N) is 1. The predicted octanol–water partition coefficient (Wildman–Crippen LogP) is 5.63. The number of hydrogen-bond donors (Lipinski definition) is 1. The second kappa shape index (κ2) is 10.3. The van der Waals surface area contributed by atoms with Crippen LogP contribution in [-0.2, 0) is 27.8 Å². The summed E-state index contributed by atoms with van der Waals surface area (Å²) in [6, 6.07) is 16.9. The number of alkyl halides is 3. The number of ether oxygens (including phenoxy) is 2. The minimum atomic E-state index is -5.04. The number of rotatable bonds is 8. The number of fused-ring (bicyclic) bond motifs is 1. The molecule has 3 aromatic carbocycles. The fourth-order valence-corrected chi connectivity index (χ4v) is 5.67. The monoisotopic (exact) mass is 549 g/mol. The molecule has 1 N–H and O–H groups in total. The van der Waals surface area contributed by atoms with Crippen molar-refractivity contribution in [1.82, 2.24) is 4.31 Å². The Kier molecular flexibility index (Phi) is 7.44. The summed E-state index contributed by atoms with van der Waals surface area (Å²) >= 11 is 0. The van der Waals surface area contributed by atoms with E-state index in [-0.39, 0.29) is 10.5 Å². The van der Waals surface area contributed by atoms with Crippen LogP contribution in [0.5, 0.6) is 11.5 Å². The molecule has 7 nitrogen and oxygen atoms in total. The van der Waals surface area contributed by atoms with Crippen molar-refractivity contribution in [2.75, 3.05) is 6.54 Å². The lowest BCUT2D eigenvalue weighted by Gasteiger charge is -2.33. The van der Waals surface area contributed by atoms with Crippen molar-refractivity contribution in [1.29, 1.82) is 0 Å². The van der Waals surface area contributed by atoms with Crippen LogP contribution < -0.4 is 9.47 Å². The number of hydrogen-bond acceptors (Lipinski definition) is 5. The molecule has 202 valence electrons. The fourth-order valence-electron chi connectivity index (χ4n) is 4.25. The van der Waals surface area contributed by atoms with E-state index in [9.17, 15) is 31.5 Å². The third kappa shape index (κ3) is 6.46. The summed E-state index contributed by atoms with van der Waals surface area (Å²) in [6.07, 6.45) is -3.84. The molecule has 0 amide bonds. The average Bonchev–Trinajstić information content (AvgIpc) is 2.83. The van der Waals surface area contributed by atoms with Crippen LogP contribution in [0.15, 0.2) is 71.6 Å². The third-order valence-corrected chi connectivity index (χ3v) is 7.89. The van der Waals surface area contributed by atoms with Crippen molar-refractivity contribution in [3.8, 4) is 22.6 Å².